The lowest BCUT2D eigenvalue weighted by Gasteiger charge is -2.08. The molecule has 0 bridgehead atoms. The molecule has 1 aromatic heterocycles. The Kier molecular flexibility index (Phi) is 4.49. The predicted octanol–water partition coefficient (Wildman–Crippen LogP) is 1.79. The smallest absolute Gasteiger partial charge is 0.275 e. The Balaban J connectivity index is 2.12. The molecule has 8 heteroatoms. The van der Waals surface area contributed by atoms with E-state index in [-0.39, 0.29) is 11.6 Å². The fourth-order valence-corrected chi connectivity index (χ4v) is 2.00. The van der Waals surface area contributed by atoms with Crippen molar-refractivity contribution in [2.24, 2.45) is 5.84 Å². The van der Waals surface area contributed by atoms with E-state index in [4.69, 9.17) is 10.6 Å². The van der Waals surface area contributed by atoms with Crippen LogP contribution in [-0.4, -0.2) is 23.0 Å². The standard InChI is InChI=1S/C12H12BrN5O2/c1-20-10-3-2-7(4-8(10)13)17-12(19)9-5-16-11(18-14)6-15-9/h2-6H,14H2,1H3,(H,16,18)(H,17,19). The number of anilines is 2. The van der Waals surface area contributed by atoms with Crippen molar-refractivity contribution in [1.29, 1.82) is 0 Å². The van der Waals surface area contributed by atoms with Gasteiger partial charge in [0.05, 0.1) is 24.0 Å². The Labute approximate surface area is 123 Å². The summed E-state index contributed by atoms with van der Waals surface area (Å²) in [4.78, 5) is 19.8. The summed E-state index contributed by atoms with van der Waals surface area (Å²) < 4.78 is 5.86. The monoisotopic (exact) mass is 337 g/mol. The summed E-state index contributed by atoms with van der Waals surface area (Å²) in [6.07, 6.45) is 2.71. The maximum atomic E-state index is 12.0. The molecule has 0 saturated carbocycles. The fraction of sp³-hybridized carbons (Fsp3) is 0.0833. The van der Waals surface area contributed by atoms with E-state index in [2.05, 4.69) is 36.6 Å². The Bertz CT molecular complexity index is 618. The summed E-state index contributed by atoms with van der Waals surface area (Å²) in [5.74, 6) is 5.88. The highest BCUT2D eigenvalue weighted by molar-refractivity contribution is 9.10. The Hall–Kier alpha value is -2.19. The van der Waals surface area contributed by atoms with Gasteiger partial charge in [0, 0.05) is 5.69 Å². The first-order valence-electron chi connectivity index (χ1n) is 5.57. The second kappa shape index (κ2) is 6.31. The molecule has 20 heavy (non-hydrogen) atoms. The van der Waals surface area contributed by atoms with Crippen LogP contribution in [0.25, 0.3) is 0 Å². The first kappa shape index (κ1) is 14.2. The van der Waals surface area contributed by atoms with Gasteiger partial charge in [-0.05, 0) is 34.1 Å². The molecule has 2 rings (SSSR count). The van der Waals surface area contributed by atoms with E-state index < -0.39 is 0 Å². The van der Waals surface area contributed by atoms with Crippen molar-refractivity contribution in [2.45, 2.75) is 0 Å². The van der Waals surface area contributed by atoms with Crippen molar-refractivity contribution < 1.29 is 9.53 Å². The van der Waals surface area contributed by atoms with Gasteiger partial charge in [0.1, 0.15) is 11.4 Å². The minimum absolute atomic E-state index is 0.191. The number of carbonyl (C=O) groups is 1. The van der Waals surface area contributed by atoms with Gasteiger partial charge in [-0.3, -0.25) is 4.79 Å². The van der Waals surface area contributed by atoms with Gasteiger partial charge in [0.2, 0.25) is 0 Å². The number of rotatable bonds is 4. The number of ether oxygens (including phenoxy) is 1. The van der Waals surface area contributed by atoms with Crippen LogP contribution in [0.5, 0.6) is 5.75 Å². The molecule has 0 atom stereocenters. The zero-order valence-electron chi connectivity index (χ0n) is 10.6. The molecular formula is C12H12BrN5O2. The minimum atomic E-state index is -0.363. The fourth-order valence-electron chi connectivity index (χ4n) is 1.46. The number of benzene rings is 1. The van der Waals surface area contributed by atoms with Gasteiger partial charge in [-0.1, -0.05) is 0 Å². The number of hydrogen-bond donors (Lipinski definition) is 3. The van der Waals surface area contributed by atoms with Crippen molar-refractivity contribution in [3.63, 3.8) is 0 Å². The van der Waals surface area contributed by atoms with Gasteiger partial charge >= 0.3 is 0 Å². The van der Waals surface area contributed by atoms with Crippen molar-refractivity contribution in [3.05, 3.63) is 40.8 Å². The van der Waals surface area contributed by atoms with Crippen LogP contribution in [0.2, 0.25) is 0 Å². The molecule has 4 N–H and O–H groups in total. The van der Waals surface area contributed by atoms with Crippen molar-refractivity contribution in [3.8, 4) is 5.75 Å². The molecule has 0 aliphatic heterocycles. The van der Waals surface area contributed by atoms with Crippen molar-refractivity contribution >= 4 is 33.3 Å². The normalized spacial score (nSPS) is 9.95. The highest BCUT2D eigenvalue weighted by atomic mass is 79.9. The quantitative estimate of drug-likeness (QED) is 0.580. The van der Waals surface area contributed by atoms with Gasteiger partial charge < -0.3 is 15.5 Å². The summed E-state index contributed by atoms with van der Waals surface area (Å²) >= 11 is 3.35. The summed E-state index contributed by atoms with van der Waals surface area (Å²) in [5.41, 5.74) is 3.14. The number of nitrogens with one attached hydrogen (secondary N) is 2. The largest absolute Gasteiger partial charge is 0.496 e. The van der Waals surface area contributed by atoms with Crippen LogP contribution in [0, 0.1) is 0 Å². The lowest BCUT2D eigenvalue weighted by Crippen LogP contribution is -2.15. The van der Waals surface area contributed by atoms with Gasteiger partial charge in [-0.15, -0.1) is 0 Å². The van der Waals surface area contributed by atoms with Crippen LogP contribution in [0.15, 0.2) is 35.1 Å². The molecule has 0 unspecified atom stereocenters. The number of nitrogen functional groups attached to an aromatic ring is 1. The van der Waals surface area contributed by atoms with Crippen LogP contribution in [0.4, 0.5) is 11.5 Å². The summed E-state index contributed by atoms with van der Waals surface area (Å²) in [7, 11) is 1.57. The SMILES string of the molecule is COc1ccc(NC(=O)c2cnc(NN)cn2)cc1Br. The maximum absolute atomic E-state index is 12.0. The zero-order valence-corrected chi connectivity index (χ0v) is 12.1. The molecule has 0 fully saturated rings. The van der Waals surface area contributed by atoms with E-state index in [9.17, 15) is 4.79 Å². The van der Waals surface area contributed by atoms with E-state index >= 15 is 0 Å². The summed E-state index contributed by atoms with van der Waals surface area (Å²) in [5, 5.41) is 2.71. The predicted molar refractivity (Wildman–Crippen MR) is 78.5 cm³/mol. The number of methoxy groups -OCH3 is 1. The second-order valence-corrected chi connectivity index (χ2v) is 4.59. The zero-order chi connectivity index (χ0) is 14.5. The van der Waals surface area contributed by atoms with E-state index in [1.807, 2.05) is 0 Å². The van der Waals surface area contributed by atoms with Crippen LogP contribution in [0.1, 0.15) is 10.5 Å². The molecule has 104 valence electrons. The first-order chi connectivity index (χ1) is 9.63. The number of amides is 1. The average Bonchev–Trinajstić information content (AvgIpc) is 2.47. The van der Waals surface area contributed by atoms with E-state index in [0.717, 1.165) is 4.47 Å². The summed E-state index contributed by atoms with van der Waals surface area (Å²) in [6.45, 7) is 0. The number of nitrogens with zero attached hydrogens (tertiary/aromatic N) is 2. The highest BCUT2D eigenvalue weighted by Gasteiger charge is 2.09. The third-order valence-electron chi connectivity index (χ3n) is 2.44. The van der Waals surface area contributed by atoms with Crippen LogP contribution in [-0.2, 0) is 0 Å². The Morgan fingerprint density at radius 2 is 2.15 bits per heavy atom. The topological polar surface area (TPSA) is 102 Å². The third-order valence-corrected chi connectivity index (χ3v) is 3.06. The van der Waals surface area contributed by atoms with E-state index in [1.54, 1.807) is 25.3 Å². The number of carbonyl (C=O) groups excluding carboxylic acids is 1. The molecule has 7 nitrogen and oxygen atoms in total. The molecule has 1 aromatic carbocycles. The first-order valence-corrected chi connectivity index (χ1v) is 6.37. The van der Waals surface area contributed by atoms with Crippen molar-refractivity contribution in [2.75, 3.05) is 17.9 Å². The molecule has 0 radical (unpaired) electrons. The molecule has 0 aliphatic rings. The van der Waals surface area contributed by atoms with Gasteiger partial charge in [-0.2, -0.15) is 0 Å². The molecule has 0 aliphatic carbocycles. The van der Waals surface area contributed by atoms with Gasteiger partial charge in [0.15, 0.2) is 5.82 Å². The van der Waals surface area contributed by atoms with Crippen LogP contribution in [0.3, 0.4) is 0 Å². The number of hydrazine groups is 1. The second-order valence-electron chi connectivity index (χ2n) is 3.73. The van der Waals surface area contributed by atoms with Gasteiger partial charge in [-0.25, -0.2) is 15.8 Å². The number of hydrogen-bond acceptors (Lipinski definition) is 6. The molecular weight excluding hydrogens is 326 g/mol. The average molecular weight is 338 g/mol. The molecule has 2 aromatic rings. The van der Waals surface area contributed by atoms with Gasteiger partial charge in [0.25, 0.3) is 5.91 Å². The Morgan fingerprint density at radius 3 is 2.70 bits per heavy atom. The Morgan fingerprint density at radius 1 is 1.35 bits per heavy atom. The highest BCUT2D eigenvalue weighted by Crippen LogP contribution is 2.27. The maximum Gasteiger partial charge on any atom is 0.275 e. The van der Waals surface area contributed by atoms with E-state index in [1.165, 1.54) is 12.4 Å². The molecule has 0 spiro atoms. The van der Waals surface area contributed by atoms with Crippen LogP contribution >= 0.6 is 15.9 Å². The van der Waals surface area contributed by atoms with Crippen LogP contribution < -0.4 is 21.3 Å². The lowest BCUT2D eigenvalue weighted by molar-refractivity contribution is 0.102. The summed E-state index contributed by atoms with van der Waals surface area (Å²) in [6, 6.07) is 5.21. The lowest BCUT2D eigenvalue weighted by atomic mass is 10.3. The third kappa shape index (κ3) is 3.22. The van der Waals surface area contributed by atoms with E-state index in [0.29, 0.717) is 17.3 Å². The number of aromatic nitrogens is 2. The molecule has 0 saturated heterocycles. The number of nitrogens with two attached hydrogens (primary N) is 1. The number of halogens is 1. The molecule has 1 amide bonds. The minimum Gasteiger partial charge on any atom is -0.496 e. The van der Waals surface area contributed by atoms with Crippen molar-refractivity contribution in [1.82, 2.24) is 9.97 Å². The molecule has 1 heterocycles.